The van der Waals surface area contributed by atoms with Crippen molar-refractivity contribution in [3.8, 4) is 0 Å². The number of ether oxygens (including phenoxy) is 1. The predicted molar refractivity (Wildman–Crippen MR) is 76.5 cm³/mol. The van der Waals surface area contributed by atoms with Gasteiger partial charge in [0.25, 0.3) is 0 Å². The molecule has 7 heteroatoms. The van der Waals surface area contributed by atoms with Gasteiger partial charge in [0, 0.05) is 16.4 Å². The highest BCUT2D eigenvalue weighted by Crippen LogP contribution is 2.18. The number of nitrogens with zero attached hydrogens (tertiary/aromatic N) is 3. The largest absolute Gasteiger partial charge is 0.466 e. The third kappa shape index (κ3) is 3.29. The summed E-state index contributed by atoms with van der Waals surface area (Å²) in [5.74, 6) is -0.648. The van der Waals surface area contributed by atoms with Crippen molar-refractivity contribution < 1.29 is 13.9 Å². The highest BCUT2D eigenvalue weighted by Gasteiger charge is 2.11. The molecule has 0 aliphatic carbocycles. The Morgan fingerprint density at radius 1 is 1.48 bits per heavy atom. The van der Waals surface area contributed by atoms with Crippen LogP contribution in [0, 0.1) is 0 Å². The zero-order valence-electron chi connectivity index (χ0n) is 11.1. The molecule has 0 aliphatic rings. The van der Waals surface area contributed by atoms with Gasteiger partial charge in [-0.15, -0.1) is 0 Å². The van der Waals surface area contributed by atoms with Gasteiger partial charge in [0.1, 0.15) is 5.58 Å². The van der Waals surface area contributed by atoms with E-state index in [-0.39, 0.29) is 17.7 Å². The van der Waals surface area contributed by atoms with E-state index in [1.165, 1.54) is 7.11 Å². The number of azide groups is 1. The summed E-state index contributed by atoms with van der Waals surface area (Å²) < 4.78 is 9.71. The Morgan fingerprint density at radius 3 is 2.95 bits per heavy atom. The lowest BCUT2D eigenvalue weighted by Crippen LogP contribution is -2.09. The van der Waals surface area contributed by atoms with Crippen molar-refractivity contribution in [1.82, 2.24) is 0 Å². The number of carbonyl (C=O) groups excluding carboxylic acids is 1. The molecule has 0 unspecified atom stereocenters. The minimum absolute atomic E-state index is 0.158. The summed E-state index contributed by atoms with van der Waals surface area (Å²) in [6, 6.07) is 8.56. The first kappa shape index (κ1) is 14.4. The fraction of sp³-hybridized carbons (Fsp3) is 0.143. The zero-order valence-corrected chi connectivity index (χ0v) is 11.1. The Kier molecular flexibility index (Phi) is 4.38. The first-order valence-corrected chi connectivity index (χ1v) is 5.98. The Hall–Kier alpha value is -3.05. The van der Waals surface area contributed by atoms with Gasteiger partial charge in [-0.1, -0.05) is 23.3 Å². The number of fused-ring (bicyclic) bond motifs is 1. The van der Waals surface area contributed by atoms with Gasteiger partial charge in [0.2, 0.25) is 0 Å². The molecule has 0 fully saturated rings. The van der Waals surface area contributed by atoms with Gasteiger partial charge >= 0.3 is 11.6 Å². The SMILES string of the molecule is COC(=O)/C=C(\CN=[N+]=[N-])c1cc2ccccc2oc1=O. The van der Waals surface area contributed by atoms with Gasteiger partial charge in [-0.05, 0) is 23.2 Å². The Morgan fingerprint density at radius 2 is 2.24 bits per heavy atom. The summed E-state index contributed by atoms with van der Waals surface area (Å²) in [5.41, 5.74) is 8.63. The van der Waals surface area contributed by atoms with Crippen LogP contribution in [0.4, 0.5) is 0 Å². The molecule has 1 aromatic heterocycles. The van der Waals surface area contributed by atoms with Crippen LogP contribution in [0.25, 0.3) is 27.0 Å². The molecule has 0 spiro atoms. The highest BCUT2D eigenvalue weighted by molar-refractivity contribution is 5.92. The molecular weight excluding hydrogens is 274 g/mol. The van der Waals surface area contributed by atoms with Crippen LogP contribution in [0.15, 0.2) is 50.7 Å². The molecule has 0 aliphatic heterocycles. The molecule has 21 heavy (non-hydrogen) atoms. The quantitative estimate of drug-likeness (QED) is 0.215. The maximum atomic E-state index is 12.0. The van der Waals surface area contributed by atoms with Crippen LogP contribution in [0.3, 0.4) is 0 Å². The Bertz CT molecular complexity index is 816. The molecule has 2 rings (SSSR count). The first-order chi connectivity index (χ1) is 10.2. The molecule has 106 valence electrons. The maximum Gasteiger partial charge on any atom is 0.343 e. The van der Waals surface area contributed by atoms with Crippen molar-refractivity contribution in [2.24, 2.45) is 5.11 Å². The molecule has 0 N–H and O–H groups in total. The predicted octanol–water partition coefficient (Wildman–Crippen LogP) is 2.66. The fourth-order valence-corrected chi connectivity index (χ4v) is 1.80. The van der Waals surface area contributed by atoms with Crippen LogP contribution in [0.5, 0.6) is 0 Å². The summed E-state index contributed by atoms with van der Waals surface area (Å²) in [5, 5.41) is 4.08. The second kappa shape index (κ2) is 6.40. The van der Waals surface area contributed by atoms with E-state index < -0.39 is 11.6 Å². The van der Waals surface area contributed by atoms with E-state index in [4.69, 9.17) is 9.95 Å². The number of methoxy groups -OCH3 is 1. The molecular formula is C14H11N3O4. The number of carbonyl (C=O) groups is 1. The average molecular weight is 285 g/mol. The molecule has 0 atom stereocenters. The first-order valence-electron chi connectivity index (χ1n) is 5.98. The Labute approximate surface area is 119 Å². The van der Waals surface area contributed by atoms with Gasteiger partial charge < -0.3 is 9.15 Å². The van der Waals surface area contributed by atoms with Crippen LogP contribution in [0.2, 0.25) is 0 Å². The van der Waals surface area contributed by atoms with Gasteiger partial charge in [-0.25, -0.2) is 9.59 Å². The smallest absolute Gasteiger partial charge is 0.343 e. The minimum atomic E-state index is -0.648. The van der Waals surface area contributed by atoms with Crippen LogP contribution in [-0.4, -0.2) is 19.6 Å². The summed E-state index contributed by atoms with van der Waals surface area (Å²) in [4.78, 5) is 26.0. The van der Waals surface area contributed by atoms with Crippen LogP contribution < -0.4 is 5.63 Å². The number of para-hydroxylation sites is 1. The molecule has 1 heterocycles. The maximum absolute atomic E-state index is 12.0. The van der Waals surface area contributed by atoms with Crippen molar-refractivity contribution in [3.63, 3.8) is 0 Å². The molecule has 0 bridgehead atoms. The van der Waals surface area contributed by atoms with E-state index in [2.05, 4.69) is 14.8 Å². The molecule has 1 aromatic carbocycles. The van der Waals surface area contributed by atoms with E-state index in [0.29, 0.717) is 11.0 Å². The standard InChI is InChI=1S/C14H11N3O4/c1-20-13(18)7-10(8-16-17-15)11-6-9-4-2-3-5-12(9)21-14(11)19/h2-7H,8H2,1H3/b10-7+. The third-order valence-corrected chi connectivity index (χ3v) is 2.78. The molecule has 2 aromatic rings. The molecule has 7 nitrogen and oxygen atoms in total. The van der Waals surface area contributed by atoms with Crippen molar-refractivity contribution in [2.75, 3.05) is 13.7 Å². The number of esters is 1. The summed E-state index contributed by atoms with van der Waals surface area (Å²) >= 11 is 0. The van der Waals surface area contributed by atoms with Crippen LogP contribution in [-0.2, 0) is 9.53 Å². The molecule has 0 saturated heterocycles. The highest BCUT2D eigenvalue weighted by atomic mass is 16.5. The lowest BCUT2D eigenvalue weighted by Gasteiger charge is -2.04. The summed E-state index contributed by atoms with van der Waals surface area (Å²) in [6.07, 6.45) is 1.11. The van der Waals surface area contributed by atoms with Crippen LogP contribution in [0.1, 0.15) is 5.56 Å². The summed E-state index contributed by atoms with van der Waals surface area (Å²) in [7, 11) is 1.22. The van der Waals surface area contributed by atoms with E-state index in [1.807, 2.05) is 0 Å². The monoisotopic (exact) mass is 285 g/mol. The lowest BCUT2D eigenvalue weighted by molar-refractivity contribution is -0.134. The molecule has 0 amide bonds. The summed E-state index contributed by atoms with van der Waals surface area (Å²) in [6.45, 7) is -0.158. The topological polar surface area (TPSA) is 105 Å². The van der Waals surface area contributed by atoms with Crippen LogP contribution >= 0.6 is 0 Å². The van der Waals surface area contributed by atoms with E-state index in [0.717, 1.165) is 6.08 Å². The Balaban J connectivity index is 2.61. The van der Waals surface area contributed by atoms with Crippen molar-refractivity contribution in [3.05, 3.63) is 62.8 Å². The average Bonchev–Trinajstić information content (AvgIpc) is 2.50. The second-order valence-corrected chi connectivity index (χ2v) is 4.07. The fourth-order valence-electron chi connectivity index (χ4n) is 1.80. The second-order valence-electron chi connectivity index (χ2n) is 4.07. The van der Waals surface area contributed by atoms with Gasteiger partial charge in [-0.3, -0.25) is 0 Å². The number of hydrogen-bond acceptors (Lipinski definition) is 5. The number of rotatable bonds is 4. The molecule has 0 radical (unpaired) electrons. The van der Waals surface area contributed by atoms with Gasteiger partial charge in [0.05, 0.1) is 19.2 Å². The van der Waals surface area contributed by atoms with E-state index in [9.17, 15) is 9.59 Å². The molecule has 0 saturated carbocycles. The normalized spacial score (nSPS) is 11.0. The van der Waals surface area contributed by atoms with Gasteiger partial charge in [0.15, 0.2) is 0 Å². The third-order valence-electron chi connectivity index (χ3n) is 2.78. The lowest BCUT2D eigenvalue weighted by atomic mass is 10.1. The van der Waals surface area contributed by atoms with E-state index in [1.54, 1.807) is 30.3 Å². The minimum Gasteiger partial charge on any atom is -0.466 e. The number of benzene rings is 1. The van der Waals surface area contributed by atoms with Gasteiger partial charge in [-0.2, -0.15) is 0 Å². The van der Waals surface area contributed by atoms with Crippen molar-refractivity contribution >= 4 is 22.5 Å². The van der Waals surface area contributed by atoms with Crippen molar-refractivity contribution in [1.29, 1.82) is 0 Å². The number of hydrogen-bond donors (Lipinski definition) is 0. The van der Waals surface area contributed by atoms with Crippen molar-refractivity contribution in [2.45, 2.75) is 0 Å². The zero-order chi connectivity index (χ0) is 15.2. The van der Waals surface area contributed by atoms with E-state index >= 15 is 0 Å².